The normalized spacial score (nSPS) is 11.2. The highest BCUT2D eigenvalue weighted by Crippen LogP contribution is 2.14. The highest BCUT2D eigenvalue weighted by atomic mass is 35.5. The van der Waals surface area contributed by atoms with Crippen molar-refractivity contribution in [1.82, 2.24) is 19.1 Å². The quantitative estimate of drug-likeness (QED) is 0.626. The number of nitrogens with one attached hydrogen (secondary N) is 1. The van der Waals surface area contributed by atoms with Crippen molar-refractivity contribution in [1.29, 1.82) is 0 Å². The van der Waals surface area contributed by atoms with Crippen molar-refractivity contribution >= 4 is 34.4 Å². The number of H-pyrrole nitrogens is 1. The smallest absolute Gasteiger partial charge is 0.308 e. The van der Waals surface area contributed by atoms with E-state index >= 15 is 0 Å². The third-order valence-corrected chi connectivity index (χ3v) is 2.73. The predicted molar refractivity (Wildman–Crippen MR) is 61.3 cm³/mol. The molecule has 8 heteroatoms. The molecule has 0 aromatic carbocycles. The number of aryl methyl sites for hydroxylation is 2. The summed E-state index contributed by atoms with van der Waals surface area (Å²) in [7, 11) is 1.51. The molecule has 0 atom stereocenters. The summed E-state index contributed by atoms with van der Waals surface area (Å²) in [6.45, 7) is 0.359. The van der Waals surface area contributed by atoms with Crippen LogP contribution in [-0.2, 0) is 13.6 Å². The van der Waals surface area contributed by atoms with Gasteiger partial charge in [-0.3, -0.25) is 14.3 Å². The zero-order chi connectivity index (χ0) is 11.9. The van der Waals surface area contributed by atoms with Crippen molar-refractivity contribution < 1.29 is 0 Å². The number of rotatable bonds is 2. The Morgan fingerprint density at radius 2 is 2.12 bits per heavy atom. The maximum absolute atomic E-state index is 11.6. The van der Waals surface area contributed by atoms with Crippen LogP contribution in [0.1, 0.15) is 0 Å². The minimum atomic E-state index is -0.523. The molecule has 0 amide bonds. The molecule has 6 nitrogen and oxygen atoms in total. The van der Waals surface area contributed by atoms with Gasteiger partial charge in [-0.25, -0.2) is 4.79 Å². The first-order valence-electron chi connectivity index (χ1n) is 4.47. The van der Waals surface area contributed by atoms with Gasteiger partial charge in [0.2, 0.25) is 5.28 Å². The van der Waals surface area contributed by atoms with E-state index in [9.17, 15) is 9.59 Å². The van der Waals surface area contributed by atoms with E-state index in [0.29, 0.717) is 12.4 Å². The van der Waals surface area contributed by atoms with Crippen molar-refractivity contribution in [2.75, 3.05) is 5.88 Å². The molecule has 0 radical (unpaired) electrons. The van der Waals surface area contributed by atoms with Crippen LogP contribution in [0.4, 0.5) is 0 Å². The number of aromatic nitrogens is 4. The Labute approximate surface area is 99.4 Å². The standard InChI is InChI=1S/C8H8Cl2N4O2/c1-13-5-4(6(15)12-8(13)16)14(3-2-9)7(10)11-5/h2-3H2,1H3,(H,12,15,16). The van der Waals surface area contributed by atoms with Gasteiger partial charge in [-0.2, -0.15) is 4.98 Å². The van der Waals surface area contributed by atoms with Gasteiger partial charge in [0.05, 0.1) is 0 Å². The minimum Gasteiger partial charge on any atom is -0.308 e. The first-order chi connectivity index (χ1) is 7.56. The molecule has 2 aromatic heterocycles. The molecule has 0 aliphatic rings. The summed E-state index contributed by atoms with van der Waals surface area (Å²) in [5, 5.41) is 0.141. The number of halogens is 2. The molecule has 0 saturated heterocycles. The Bertz CT molecular complexity index is 654. The van der Waals surface area contributed by atoms with Gasteiger partial charge in [0.15, 0.2) is 11.2 Å². The van der Waals surface area contributed by atoms with E-state index in [2.05, 4.69) is 9.97 Å². The SMILES string of the molecule is Cn1c(=O)[nH]c(=O)c2c1nc(Cl)n2CCCl. The lowest BCUT2D eigenvalue weighted by Gasteiger charge is -2.01. The highest BCUT2D eigenvalue weighted by molar-refractivity contribution is 6.29. The van der Waals surface area contributed by atoms with Gasteiger partial charge in [-0.1, -0.05) is 0 Å². The van der Waals surface area contributed by atoms with E-state index in [1.807, 2.05) is 0 Å². The zero-order valence-electron chi connectivity index (χ0n) is 8.33. The molecule has 0 unspecified atom stereocenters. The van der Waals surface area contributed by atoms with Crippen molar-refractivity contribution in [3.8, 4) is 0 Å². The topological polar surface area (TPSA) is 72.7 Å². The van der Waals surface area contributed by atoms with E-state index in [0.717, 1.165) is 0 Å². The van der Waals surface area contributed by atoms with Crippen LogP contribution in [0.25, 0.3) is 11.2 Å². The van der Waals surface area contributed by atoms with Crippen molar-refractivity contribution in [3.05, 3.63) is 26.1 Å². The van der Waals surface area contributed by atoms with Crippen LogP contribution in [0.5, 0.6) is 0 Å². The number of hydrogen-bond donors (Lipinski definition) is 1. The van der Waals surface area contributed by atoms with Crippen LogP contribution < -0.4 is 11.2 Å². The molecule has 0 aliphatic heterocycles. The van der Waals surface area contributed by atoms with Gasteiger partial charge in [-0.15, -0.1) is 11.6 Å². The Kier molecular flexibility index (Phi) is 2.77. The number of nitrogens with zero attached hydrogens (tertiary/aromatic N) is 3. The summed E-state index contributed by atoms with van der Waals surface area (Å²) in [5.41, 5.74) is -0.524. The second kappa shape index (κ2) is 3.95. The fourth-order valence-corrected chi connectivity index (χ4v) is 1.91. The van der Waals surface area contributed by atoms with Gasteiger partial charge in [0, 0.05) is 19.5 Å². The number of fused-ring (bicyclic) bond motifs is 1. The summed E-state index contributed by atoms with van der Waals surface area (Å²) in [5.74, 6) is 0.299. The molecule has 2 rings (SSSR count). The molecule has 2 heterocycles. The number of hydrogen-bond acceptors (Lipinski definition) is 3. The van der Waals surface area contributed by atoms with Crippen LogP contribution in [0.15, 0.2) is 9.59 Å². The van der Waals surface area contributed by atoms with E-state index < -0.39 is 11.2 Å². The van der Waals surface area contributed by atoms with Gasteiger partial charge in [0.25, 0.3) is 5.56 Å². The fourth-order valence-electron chi connectivity index (χ4n) is 1.50. The summed E-state index contributed by atoms with van der Waals surface area (Å²) in [6, 6.07) is 0. The second-order valence-electron chi connectivity index (χ2n) is 3.21. The van der Waals surface area contributed by atoms with Gasteiger partial charge >= 0.3 is 5.69 Å². The van der Waals surface area contributed by atoms with Crippen LogP contribution in [0.3, 0.4) is 0 Å². The Morgan fingerprint density at radius 1 is 1.44 bits per heavy atom. The third kappa shape index (κ3) is 1.54. The summed E-state index contributed by atoms with van der Waals surface area (Å²) in [6.07, 6.45) is 0. The lowest BCUT2D eigenvalue weighted by atomic mass is 10.5. The molecule has 0 spiro atoms. The molecule has 0 fully saturated rings. The van der Waals surface area contributed by atoms with Crippen LogP contribution >= 0.6 is 23.2 Å². The molecule has 0 bridgehead atoms. The zero-order valence-corrected chi connectivity index (χ0v) is 9.84. The average Bonchev–Trinajstić information content (AvgIpc) is 2.54. The number of aromatic amines is 1. The summed E-state index contributed by atoms with van der Waals surface area (Å²) in [4.78, 5) is 29.1. The number of imidazole rings is 1. The minimum absolute atomic E-state index is 0.141. The Balaban J connectivity index is 2.95. The molecular weight excluding hydrogens is 255 g/mol. The van der Waals surface area contributed by atoms with Gasteiger partial charge in [0.1, 0.15) is 0 Å². The van der Waals surface area contributed by atoms with Crippen molar-refractivity contribution in [2.24, 2.45) is 7.05 Å². The molecule has 86 valence electrons. The molecule has 1 N–H and O–H groups in total. The van der Waals surface area contributed by atoms with Crippen LogP contribution in [0.2, 0.25) is 5.28 Å². The lowest BCUT2D eigenvalue weighted by molar-refractivity contribution is 0.783. The summed E-state index contributed by atoms with van der Waals surface area (Å²) < 4.78 is 2.70. The average molecular weight is 263 g/mol. The largest absolute Gasteiger partial charge is 0.329 e. The number of alkyl halides is 1. The first-order valence-corrected chi connectivity index (χ1v) is 5.38. The Morgan fingerprint density at radius 3 is 2.75 bits per heavy atom. The fraction of sp³-hybridized carbons (Fsp3) is 0.375. The Hall–Kier alpha value is -1.27. The lowest BCUT2D eigenvalue weighted by Crippen LogP contribution is -2.29. The molecule has 0 aliphatic carbocycles. The van der Waals surface area contributed by atoms with Crippen molar-refractivity contribution in [2.45, 2.75) is 6.54 Å². The highest BCUT2D eigenvalue weighted by Gasteiger charge is 2.15. The van der Waals surface area contributed by atoms with Gasteiger partial charge < -0.3 is 4.57 Å². The first kappa shape index (κ1) is 11.2. The van der Waals surface area contributed by atoms with E-state index in [1.165, 1.54) is 16.2 Å². The van der Waals surface area contributed by atoms with E-state index in [1.54, 1.807) is 0 Å². The maximum Gasteiger partial charge on any atom is 0.329 e. The molecule has 2 aromatic rings. The summed E-state index contributed by atoms with van der Waals surface area (Å²) >= 11 is 11.5. The van der Waals surface area contributed by atoms with Crippen LogP contribution in [-0.4, -0.2) is 25.0 Å². The predicted octanol–water partition coefficient (Wildman–Crippen LogP) is 0.315. The monoisotopic (exact) mass is 262 g/mol. The van der Waals surface area contributed by atoms with Crippen LogP contribution in [0, 0.1) is 0 Å². The van der Waals surface area contributed by atoms with E-state index in [4.69, 9.17) is 23.2 Å². The molecular formula is C8H8Cl2N4O2. The molecule has 0 saturated carbocycles. The van der Waals surface area contributed by atoms with Crippen molar-refractivity contribution in [3.63, 3.8) is 0 Å². The van der Waals surface area contributed by atoms with E-state index in [-0.39, 0.29) is 16.4 Å². The maximum atomic E-state index is 11.6. The van der Waals surface area contributed by atoms with Gasteiger partial charge in [-0.05, 0) is 11.6 Å². The molecule has 16 heavy (non-hydrogen) atoms. The third-order valence-electron chi connectivity index (χ3n) is 2.27. The second-order valence-corrected chi connectivity index (χ2v) is 3.93.